The number of carbonyl (C=O) groups excluding carboxylic acids is 2. The number of halogens is 1. The molecule has 1 amide bonds. The molecule has 9 heteroatoms. The summed E-state index contributed by atoms with van der Waals surface area (Å²) < 4.78 is 33.5. The van der Waals surface area contributed by atoms with Gasteiger partial charge in [-0.15, -0.1) is 0 Å². The molecule has 1 fully saturated rings. The van der Waals surface area contributed by atoms with E-state index in [1.165, 1.54) is 28.7 Å². The van der Waals surface area contributed by atoms with E-state index in [0.717, 1.165) is 0 Å². The molecule has 2 atom stereocenters. The van der Waals surface area contributed by atoms with Crippen LogP contribution in [0.25, 0.3) is 5.65 Å². The Morgan fingerprint density at radius 2 is 2.18 bits per heavy atom. The lowest BCUT2D eigenvalue weighted by molar-refractivity contribution is -0.0171. The third-order valence-corrected chi connectivity index (χ3v) is 4.87. The number of ether oxygens (including phenoxy) is 2. The fourth-order valence-electron chi connectivity index (χ4n) is 3.05. The maximum Gasteiger partial charge on any atom is 0.415 e. The molecule has 2 aromatic heterocycles. The van der Waals surface area contributed by atoms with E-state index >= 15 is 0 Å². The van der Waals surface area contributed by atoms with Crippen LogP contribution in [0, 0.1) is 5.92 Å². The molecule has 0 bridgehead atoms. The molecular formula is C19H25ClN4O4. The lowest BCUT2D eigenvalue weighted by Gasteiger charge is -2.34. The molecule has 3 rings (SSSR count). The first-order valence-corrected chi connectivity index (χ1v) is 9.35. The number of methoxy groups -OCH3 is 1. The Morgan fingerprint density at radius 1 is 1.43 bits per heavy atom. The van der Waals surface area contributed by atoms with Crippen molar-refractivity contribution in [1.82, 2.24) is 14.6 Å². The Morgan fingerprint density at radius 3 is 2.79 bits per heavy atom. The van der Waals surface area contributed by atoms with Gasteiger partial charge in [-0.3, -0.25) is 9.69 Å². The molecule has 1 unspecified atom stereocenters. The van der Waals surface area contributed by atoms with Gasteiger partial charge in [0.1, 0.15) is 16.6 Å². The Balaban J connectivity index is 1.84. The van der Waals surface area contributed by atoms with Gasteiger partial charge in [0.25, 0.3) is 0 Å². The number of anilines is 1. The average molecular weight is 412 g/mol. The normalized spacial score (nSPS) is 21.4. The number of carbonyl (C=O) groups is 2. The highest BCUT2D eigenvalue weighted by Crippen LogP contribution is 2.34. The van der Waals surface area contributed by atoms with Gasteiger partial charge in [-0.2, -0.15) is 9.61 Å². The van der Waals surface area contributed by atoms with Gasteiger partial charge >= 0.3 is 6.09 Å². The van der Waals surface area contributed by atoms with Crippen LogP contribution in [-0.2, 0) is 9.47 Å². The van der Waals surface area contributed by atoms with Crippen molar-refractivity contribution in [3.05, 3.63) is 23.0 Å². The molecule has 1 aliphatic carbocycles. The lowest BCUT2D eigenvalue weighted by Crippen LogP contribution is -2.35. The number of ketones is 1. The molecule has 0 aliphatic heterocycles. The third-order valence-electron chi connectivity index (χ3n) is 4.68. The zero-order valence-electron chi connectivity index (χ0n) is 19.2. The summed E-state index contributed by atoms with van der Waals surface area (Å²) in [6, 6.07) is 1.45. The second-order valence-corrected chi connectivity index (χ2v) is 8.28. The van der Waals surface area contributed by atoms with Crippen molar-refractivity contribution >= 4 is 34.9 Å². The average Bonchev–Trinajstić information content (AvgIpc) is 3.03. The van der Waals surface area contributed by atoms with E-state index in [1.807, 2.05) is 0 Å². The van der Waals surface area contributed by atoms with Crippen LogP contribution in [0.15, 0.2) is 12.3 Å². The molecule has 1 saturated carbocycles. The summed E-state index contributed by atoms with van der Waals surface area (Å²) in [7, 11) is -0.986. The number of hydrogen-bond donors (Lipinski definition) is 0. The van der Waals surface area contributed by atoms with E-state index in [9.17, 15) is 9.59 Å². The molecule has 1 aliphatic rings. The van der Waals surface area contributed by atoms with E-state index in [0.29, 0.717) is 12.8 Å². The van der Waals surface area contributed by atoms with Crippen molar-refractivity contribution in [2.75, 3.05) is 19.0 Å². The van der Waals surface area contributed by atoms with Crippen molar-refractivity contribution in [3.63, 3.8) is 0 Å². The summed E-state index contributed by atoms with van der Waals surface area (Å²) in [4.78, 5) is 30.8. The maximum absolute atomic E-state index is 12.9. The van der Waals surface area contributed by atoms with E-state index in [-0.39, 0.29) is 40.3 Å². The molecule has 28 heavy (non-hydrogen) atoms. The summed E-state index contributed by atoms with van der Waals surface area (Å²) in [5, 5.41) is 4.30. The Labute approximate surface area is 173 Å². The van der Waals surface area contributed by atoms with Gasteiger partial charge < -0.3 is 9.47 Å². The first kappa shape index (κ1) is 16.7. The second-order valence-electron chi connectivity index (χ2n) is 7.89. The summed E-state index contributed by atoms with van der Waals surface area (Å²) in [6.45, 7) is 5.26. The van der Waals surface area contributed by atoms with Gasteiger partial charge in [-0.25, -0.2) is 9.78 Å². The van der Waals surface area contributed by atoms with Crippen LogP contribution >= 0.6 is 11.6 Å². The smallest absolute Gasteiger partial charge is 0.415 e. The van der Waals surface area contributed by atoms with E-state index in [4.69, 9.17) is 25.2 Å². The topological polar surface area (TPSA) is 86.0 Å². The minimum absolute atomic E-state index is 0.0831. The molecule has 2 heterocycles. The van der Waals surface area contributed by atoms with Crippen LogP contribution in [0.5, 0.6) is 0 Å². The lowest BCUT2D eigenvalue weighted by atomic mass is 9.78. The number of nitrogens with zero attached hydrogens (tertiary/aromatic N) is 4. The summed E-state index contributed by atoms with van der Waals surface area (Å²) in [5.74, 6) is -0.152. The van der Waals surface area contributed by atoms with Gasteiger partial charge in [0.15, 0.2) is 11.4 Å². The molecule has 0 saturated heterocycles. The van der Waals surface area contributed by atoms with Crippen molar-refractivity contribution in [2.45, 2.75) is 51.7 Å². The highest BCUT2D eigenvalue weighted by atomic mass is 35.5. The van der Waals surface area contributed by atoms with Crippen molar-refractivity contribution in [3.8, 4) is 0 Å². The highest BCUT2D eigenvalue weighted by molar-refractivity contribution is 6.30. The quantitative estimate of drug-likeness (QED) is 0.550. The largest absolute Gasteiger partial charge is 0.443 e. The minimum atomic E-state index is -2.49. The standard InChI is InChI=1S/C19H25ClN4O4/c1-19(2,3)28-18(26)23(4)16-9-15(20)22-17-12(10-21-24(16)17)13(25)8-11-6-7-14(11)27-5/h9-11,14H,6-8H2,1-5H3/t11?,14-/m1/s1/i5D3. The molecule has 0 spiro atoms. The fraction of sp³-hybridized carbons (Fsp3) is 0.579. The van der Waals surface area contributed by atoms with E-state index in [2.05, 4.69) is 10.1 Å². The molecule has 0 radical (unpaired) electrons. The van der Waals surface area contributed by atoms with Gasteiger partial charge in [-0.05, 0) is 39.5 Å². The first-order chi connectivity index (χ1) is 14.2. The fourth-order valence-corrected chi connectivity index (χ4v) is 3.23. The number of amides is 1. The highest BCUT2D eigenvalue weighted by Gasteiger charge is 2.33. The summed E-state index contributed by atoms with van der Waals surface area (Å²) in [6.07, 6.45) is 1.67. The van der Waals surface area contributed by atoms with Crippen LogP contribution in [0.1, 0.15) is 54.5 Å². The predicted octanol–water partition coefficient (Wildman–Crippen LogP) is 3.75. The van der Waals surface area contributed by atoms with Gasteiger partial charge in [-0.1, -0.05) is 11.6 Å². The van der Waals surface area contributed by atoms with Crippen molar-refractivity contribution in [2.24, 2.45) is 5.92 Å². The van der Waals surface area contributed by atoms with Crippen LogP contribution < -0.4 is 4.90 Å². The van der Waals surface area contributed by atoms with Crippen LogP contribution in [-0.4, -0.2) is 52.3 Å². The Kier molecular flexibility index (Phi) is 4.59. The number of hydrogen-bond acceptors (Lipinski definition) is 6. The zero-order chi connectivity index (χ0) is 23.1. The molecule has 152 valence electrons. The Hall–Kier alpha value is -2.19. The van der Waals surface area contributed by atoms with Crippen LogP contribution in [0.2, 0.25) is 5.15 Å². The van der Waals surface area contributed by atoms with E-state index < -0.39 is 24.8 Å². The summed E-state index contributed by atoms with van der Waals surface area (Å²) in [5.41, 5.74) is -0.251. The van der Waals surface area contributed by atoms with Crippen molar-refractivity contribution < 1.29 is 23.2 Å². The molecule has 0 N–H and O–H groups in total. The second kappa shape index (κ2) is 7.67. The maximum atomic E-state index is 12.9. The van der Waals surface area contributed by atoms with Crippen LogP contribution in [0.3, 0.4) is 0 Å². The number of fused-ring (bicyclic) bond motifs is 1. The SMILES string of the molecule is [2H]C([2H])([2H])O[C@@H]1CCC1CC(=O)c1cnn2c(N(C)C(=O)OC(C)(C)C)cc(Cl)nc12. The zero-order valence-corrected chi connectivity index (χ0v) is 17.0. The van der Waals surface area contributed by atoms with Gasteiger partial charge in [0.05, 0.1) is 22.0 Å². The van der Waals surface area contributed by atoms with Crippen molar-refractivity contribution in [1.29, 1.82) is 0 Å². The Bertz CT molecular complexity index is 1000. The number of rotatable bonds is 5. The first-order valence-electron chi connectivity index (χ1n) is 10.5. The van der Waals surface area contributed by atoms with Gasteiger partial charge in [0, 0.05) is 26.6 Å². The monoisotopic (exact) mass is 411 g/mol. The minimum Gasteiger partial charge on any atom is -0.443 e. The molecule has 0 aromatic carbocycles. The van der Waals surface area contributed by atoms with E-state index in [1.54, 1.807) is 20.8 Å². The predicted molar refractivity (Wildman–Crippen MR) is 105 cm³/mol. The van der Waals surface area contributed by atoms with Gasteiger partial charge in [0.2, 0.25) is 0 Å². The molecular weight excluding hydrogens is 384 g/mol. The third kappa shape index (κ3) is 4.12. The number of aromatic nitrogens is 3. The number of Topliss-reactive ketones (excluding diaryl/α,β-unsaturated/α-hetero) is 1. The molecule has 2 aromatic rings. The van der Waals surface area contributed by atoms with Crippen LogP contribution in [0.4, 0.5) is 10.6 Å². The molecule has 8 nitrogen and oxygen atoms in total. The summed E-state index contributed by atoms with van der Waals surface area (Å²) >= 11 is 6.15.